The molecule has 0 unspecified atom stereocenters. The molecule has 1 aromatic carbocycles. The quantitative estimate of drug-likeness (QED) is 0.434. The van der Waals surface area contributed by atoms with E-state index < -0.39 is 0 Å². The third kappa shape index (κ3) is 1.92. The Labute approximate surface area is 136 Å². The number of fused-ring (bicyclic) bond motifs is 4. The van der Waals surface area contributed by atoms with Gasteiger partial charge in [-0.15, -0.1) is 11.3 Å². The minimum Gasteiger partial charge on any atom is -0.264 e. The molecule has 0 bridgehead atoms. The lowest BCUT2D eigenvalue weighted by atomic mass is 10.1. The zero-order valence-electron chi connectivity index (χ0n) is 12.1. The van der Waals surface area contributed by atoms with E-state index in [0.717, 1.165) is 32.4 Å². The summed E-state index contributed by atoms with van der Waals surface area (Å²) in [7, 11) is 0. The van der Waals surface area contributed by atoms with E-state index in [-0.39, 0.29) is 0 Å². The van der Waals surface area contributed by atoms with Crippen molar-refractivity contribution in [3.05, 3.63) is 67.1 Å². The molecule has 0 spiro atoms. The number of rotatable bonds is 1. The lowest BCUT2D eigenvalue weighted by Crippen LogP contribution is -1.87. The maximum absolute atomic E-state index is 4.88. The largest absolute Gasteiger partial charge is 0.264 e. The zero-order chi connectivity index (χ0) is 15.2. The van der Waals surface area contributed by atoms with Crippen LogP contribution >= 0.6 is 11.3 Å². The normalized spacial score (nSPS) is 11.5. The highest BCUT2D eigenvalue weighted by Crippen LogP contribution is 2.34. The summed E-state index contributed by atoms with van der Waals surface area (Å²) in [6.45, 7) is 0. The molecule has 0 aliphatic rings. The molecule has 0 fully saturated rings. The summed E-state index contributed by atoms with van der Waals surface area (Å²) in [5.74, 6) is 0. The van der Waals surface area contributed by atoms with Crippen molar-refractivity contribution in [2.75, 3.05) is 0 Å². The Hall–Kier alpha value is -2.85. The number of hydrogen-bond acceptors (Lipinski definition) is 4. The molecule has 3 nitrogen and oxygen atoms in total. The van der Waals surface area contributed by atoms with Crippen molar-refractivity contribution in [2.45, 2.75) is 0 Å². The summed E-state index contributed by atoms with van der Waals surface area (Å²) >= 11 is 1.70. The lowest BCUT2D eigenvalue weighted by Gasteiger charge is -2.05. The maximum atomic E-state index is 4.88. The molecule has 4 heteroatoms. The molecule has 5 rings (SSSR count). The third-order valence-corrected chi connectivity index (χ3v) is 5.13. The van der Waals surface area contributed by atoms with E-state index in [2.05, 4.69) is 46.4 Å². The molecule has 0 saturated carbocycles. The van der Waals surface area contributed by atoms with Gasteiger partial charge in [-0.1, -0.05) is 24.3 Å². The fraction of sp³-hybridized carbons (Fsp3) is 0. The molecule has 108 valence electrons. The summed E-state index contributed by atoms with van der Waals surface area (Å²) in [6, 6.07) is 16.5. The van der Waals surface area contributed by atoms with Crippen molar-refractivity contribution in [1.82, 2.24) is 15.0 Å². The first-order valence-corrected chi connectivity index (χ1v) is 8.19. The highest BCUT2D eigenvalue weighted by molar-refractivity contribution is 7.25. The smallest absolute Gasteiger partial charge is 0.125 e. The molecule has 23 heavy (non-hydrogen) atoms. The van der Waals surface area contributed by atoms with Gasteiger partial charge in [0.1, 0.15) is 4.83 Å². The molecule has 0 N–H and O–H groups in total. The van der Waals surface area contributed by atoms with Crippen molar-refractivity contribution in [1.29, 1.82) is 0 Å². The van der Waals surface area contributed by atoms with Crippen LogP contribution < -0.4 is 0 Å². The molecule has 4 aromatic heterocycles. The van der Waals surface area contributed by atoms with E-state index in [1.807, 2.05) is 30.7 Å². The highest BCUT2D eigenvalue weighted by Gasteiger charge is 2.10. The average Bonchev–Trinajstić information content (AvgIpc) is 2.99. The number of aromatic nitrogens is 3. The Kier molecular flexibility index (Phi) is 2.66. The molecule has 5 aromatic rings. The van der Waals surface area contributed by atoms with E-state index >= 15 is 0 Å². The third-order valence-electron chi connectivity index (χ3n) is 4.05. The first-order chi connectivity index (χ1) is 11.4. The van der Waals surface area contributed by atoms with Gasteiger partial charge in [-0.3, -0.25) is 9.97 Å². The van der Waals surface area contributed by atoms with Gasteiger partial charge in [0.15, 0.2) is 0 Å². The molecule has 0 aliphatic heterocycles. The van der Waals surface area contributed by atoms with Crippen LogP contribution in [-0.4, -0.2) is 15.0 Å². The summed E-state index contributed by atoms with van der Waals surface area (Å²) < 4.78 is 1.22. The minimum absolute atomic E-state index is 0.960. The topological polar surface area (TPSA) is 38.7 Å². The van der Waals surface area contributed by atoms with Crippen molar-refractivity contribution < 1.29 is 0 Å². The van der Waals surface area contributed by atoms with E-state index in [4.69, 9.17) is 4.98 Å². The van der Waals surface area contributed by atoms with E-state index in [0.29, 0.717) is 0 Å². The lowest BCUT2D eigenvalue weighted by molar-refractivity contribution is 1.37. The Morgan fingerprint density at radius 2 is 1.78 bits per heavy atom. The first-order valence-electron chi connectivity index (χ1n) is 7.37. The first kappa shape index (κ1) is 12.7. The average molecular weight is 313 g/mol. The zero-order valence-corrected chi connectivity index (χ0v) is 12.9. The van der Waals surface area contributed by atoms with Crippen molar-refractivity contribution in [3.63, 3.8) is 0 Å². The number of thiophene rings is 1. The van der Waals surface area contributed by atoms with Crippen molar-refractivity contribution >= 4 is 42.5 Å². The van der Waals surface area contributed by atoms with Crippen LogP contribution in [0.3, 0.4) is 0 Å². The predicted molar refractivity (Wildman–Crippen MR) is 95.7 cm³/mol. The van der Waals surface area contributed by atoms with Crippen LogP contribution in [0, 0.1) is 0 Å². The molecule has 0 aliphatic carbocycles. The molecule has 4 heterocycles. The number of hydrogen-bond donors (Lipinski definition) is 0. The summed E-state index contributed by atoms with van der Waals surface area (Å²) in [4.78, 5) is 14.7. The van der Waals surface area contributed by atoms with Crippen molar-refractivity contribution in [2.24, 2.45) is 0 Å². The van der Waals surface area contributed by atoms with Crippen LogP contribution in [0.5, 0.6) is 0 Å². The van der Waals surface area contributed by atoms with Gasteiger partial charge in [0, 0.05) is 45.0 Å². The molecular weight excluding hydrogens is 302 g/mol. The molecule has 0 atom stereocenters. The van der Waals surface area contributed by atoms with Crippen LogP contribution in [-0.2, 0) is 0 Å². The van der Waals surface area contributed by atoms with E-state index in [1.165, 1.54) is 10.1 Å². The Morgan fingerprint density at radius 1 is 0.826 bits per heavy atom. The van der Waals surface area contributed by atoms with Gasteiger partial charge in [-0.25, -0.2) is 4.98 Å². The molecular formula is C19H11N3S. The molecule has 0 amide bonds. The fourth-order valence-corrected chi connectivity index (χ4v) is 4.00. The van der Waals surface area contributed by atoms with Crippen LogP contribution in [0.1, 0.15) is 0 Å². The fourth-order valence-electron chi connectivity index (χ4n) is 2.96. The Bertz CT molecular complexity index is 1170. The Balaban J connectivity index is 1.81. The van der Waals surface area contributed by atoms with Crippen LogP contribution in [0.2, 0.25) is 0 Å². The SMILES string of the molecule is c1cnc2c(-c3ccc4c(n3)sc3ccncc34)cccc2c1. The maximum Gasteiger partial charge on any atom is 0.125 e. The molecule has 0 radical (unpaired) electrons. The van der Waals surface area contributed by atoms with E-state index in [9.17, 15) is 0 Å². The van der Waals surface area contributed by atoms with Gasteiger partial charge in [0.25, 0.3) is 0 Å². The summed E-state index contributed by atoms with van der Waals surface area (Å²) in [5.41, 5.74) is 3.02. The second-order valence-corrected chi connectivity index (χ2v) is 6.43. The van der Waals surface area contributed by atoms with Gasteiger partial charge in [-0.05, 0) is 24.3 Å². The monoisotopic (exact) mass is 313 g/mol. The minimum atomic E-state index is 0.960. The second kappa shape index (κ2) is 4.83. The standard InChI is InChI=1S/C19H11N3S/c1-3-12-4-2-9-21-18(12)14(5-1)16-7-6-13-15-11-20-10-8-17(15)23-19(13)22-16/h1-11H. The second-order valence-electron chi connectivity index (χ2n) is 5.40. The number of para-hydroxylation sites is 1. The summed E-state index contributed by atoms with van der Waals surface area (Å²) in [6.07, 6.45) is 5.57. The van der Waals surface area contributed by atoms with Gasteiger partial charge < -0.3 is 0 Å². The van der Waals surface area contributed by atoms with Crippen molar-refractivity contribution in [3.8, 4) is 11.3 Å². The van der Waals surface area contributed by atoms with Crippen LogP contribution in [0.25, 0.3) is 42.5 Å². The highest BCUT2D eigenvalue weighted by atomic mass is 32.1. The number of benzene rings is 1. The molecule has 0 saturated heterocycles. The predicted octanol–water partition coefficient (Wildman–Crippen LogP) is 5.06. The van der Waals surface area contributed by atoms with Gasteiger partial charge in [0.2, 0.25) is 0 Å². The number of nitrogens with zero attached hydrogens (tertiary/aromatic N) is 3. The van der Waals surface area contributed by atoms with Gasteiger partial charge in [0.05, 0.1) is 11.2 Å². The van der Waals surface area contributed by atoms with Crippen LogP contribution in [0.15, 0.2) is 67.1 Å². The van der Waals surface area contributed by atoms with Crippen LogP contribution in [0.4, 0.5) is 0 Å². The van der Waals surface area contributed by atoms with Gasteiger partial charge in [-0.2, -0.15) is 0 Å². The summed E-state index contributed by atoms with van der Waals surface area (Å²) in [5, 5.41) is 3.46. The number of pyridine rings is 3. The van der Waals surface area contributed by atoms with Gasteiger partial charge >= 0.3 is 0 Å². The Morgan fingerprint density at radius 3 is 2.78 bits per heavy atom. The van der Waals surface area contributed by atoms with E-state index in [1.54, 1.807) is 11.3 Å².